The number of rotatable bonds is 4. The van der Waals surface area contributed by atoms with E-state index in [1.54, 1.807) is 4.90 Å². The number of thiol groups is 1. The van der Waals surface area contributed by atoms with Gasteiger partial charge >= 0.3 is 0 Å². The molecule has 1 aliphatic rings. The van der Waals surface area contributed by atoms with Crippen LogP contribution in [-0.4, -0.2) is 34.9 Å². The summed E-state index contributed by atoms with van der Waals surface area (Å²) < 4.78 is 0. The van der Waals surface area contributed by atoms with Crippen molar-refractivity contribution >= 4 is 24.3 Å². The maximum atomic E-state index is 11.7. The topological polar surface area (TPSA) is 37.4 Å². The van der Waals surface area contributed by atoms with Gasteiger partial charge in [0.05, 0.1) is 5.75 Å². The summed E-state index contributed by atoms with van der Waals surface area (Å²) in [4.78, 5) is 24.7. The monoisotopic (exact) mass is 229 g/mol. The maximum absolute atomic E-state index is 11.7. The quantitative estimate of drug-likeness (QED) is 0.588. The Hall–Kier alpha value is -0.510. The second kappa shape index (κ2) is 6.16. The SMILES string of the molecule is CCN(C(=O)C(=O)CS)C1CCCCC1. The van der Waals surface area contributed by atoms with Crippen LogP contribution in [0.2, 0.25) is 0 Å². The lowest BCUT2D eigenvalue weighted by atomic mass is 9.94. The average Bonchev–Trinajstić information content (AvgIpc) is 2.30. The first-order chi connectivity index (χ1) is 7.20. The Morgan fingerprint density at radius 2 is 1.87 bits per heavy atom. The van der Waals surface area contributed by atoms with Crippen molar-refractivity contribution in [2.45, 2.75) is 45.1 Å². The number of Topliss-reactive ketones (excluding diaryl/α,β-unsaturated/α-hetero) is 1. The Bertz CT molecular complexity index is 237. The molecule has 15 heavy (non-hydrogen) atoms. The van der Waals surface area contributed by atoms with Gasteiger partial charge in [0.15, 0.2) is 0 Å². The van der Waals surface area contributed by atoms with Crippen LogP contribution in [0, 0.1) is 0 Å². The van der Waals surface area contributed by atoms with Gasteiger partial charge in [-0.1, -0.05) is 19.3 Å². The predicted octanol–water partition coefficient (Wildman–Crippen LogP) is 1.67. The number of hydrogen-bond donors (Lipinski definition) is 1. The van der Waals surface area contributed by atoms with E-state index in [4.69, 9.17) is 0 Å². The van der Waals surface area contributed by atoms with Crippen molar-refractivity contribution in [1.82, 2.24) is 4.90 Å². The summed E-state index contributed by atoms with van der Waals surface area (Å²) in [5.74, 6) is -0.715. The van der Waals surface area contributed by atoms with Crippen LogP contribution < -0.4 is 0 Å². The van der Waals surface area contributed by atoms with E-state index in [2.05, 4.69) is 12.6 Å². The molecule has 1 aliphatic carbocycles. The van der Waals surface area contributed by atoms with Gasteiger partial charge in [0.25, 0.3) is 5.91 Å². The lowest BCUT2D eigenvalue weighted by molar-refractivity contribution is -0.145. The van der Waals surface area contributed by atoms with E-state index in [0.717, 1.165) is 12.8 Å². The molecule has 0 saturated heterocycles. The second-order valence-corrected chi connectivity index (χ2v) is 4.28. The van der Waals surface area contributed by atoms with Crippen LogP contribution in [0.5, 0.6) is 0 Å². The lowest BCUT2D eigenvalue weighted by Crippen LogP contribution is -2.45. The van der Waals surface area contributed by atoms with Crippen LogP contribution in [0.1, 0.15) is 39.0 Å². The summed E-state index contributed by atoms with van der Waals surface area (Å²) in [7, 11) is 0. The second-order valence-electron chi connectivity index (χ2n) is 3.96. The molecule has 0 spiro atoms. The van der Waals surface area contributed by atoms with Gasteiger partial charge in [-0.05, 0) is 19.8 Å². The number of ketones is 1. The lowest BCUT2D eigenvalue weighted by Gasteiger charge is -2.32. The molecule has 0 bridgehead atoms. The largest absolute Gasteiger partial charge is 0.333 e. The Kier molecular flexibility index (Phi) is 5.15. The summed E-state index contributed by atoms with van der Waals surface area (Å²) >= 11 is 3.86. The van der Waals surface area contributed by atoms with E-state index in [1.807, 2.05) is 6.92 Å². The van der Waals surface area contributed by atoms with Crippen LogP contribution in [0.4, 0.5) is 0 Å². The molecule has 0 unspecified atom stereocenters. The first kappa shape index (κ1) is 12.6. The number of hydrogen-bond acceptors (Lipinski definition) is 3. The molecule has 1 fully saturated rings. The van der Waals surface area contributed by atoms with Gasteiger partial charge in [0.2, 0.25) is 5.78 Å². The zero-order valence-corrected chi connectivity index (χ0v) is 10.1. The highest BCUT2D eigenvalue weighted by atomic mass is 32.1. The molecular formula is C11H19NO2S. The molecule has 0 aliphatic heterocycles. The Labute approximate surface area is 96.6 Å². The minimum atomic E-state index is -0.384. The van der Waals surface area contributed by atoms with Gasteiger partial charge in [-0.15, -0.1) is 0 Å². The molecule has 0 aromatic rings. The number of carbonyl (C=O) groups is 2. The van der Waals surface area contributed by atoms with Crippen LogP contribution in [0.25, 0.3) is 0 Å². The van der Waals surface area contributed by atoms with Crippen LogP contribution in [0.15, 0.2) is 0 Å². The summed E-state index contributed by atoms with van der Waals surface area (Å²) in [6.07, 6.45) is 5.68. The minimum absolute atomic E-state index is 0.0159. The fraction of sp³-hybridized carbons (Fsp3) is 0.818. The van der Waals surface area contributed by atoms with Crippen molar-refractivity contribution in [2.75, 3.05) is 12.3 Å². The maximum Gasteiger partial charge on any atom is 0.291 e. The van der Waals surface area contributed by atoms with Crippen LogP contribution in [-0.2, 0) is 9.59 Å². The summed E-state index contributed by atoms with van der Waals surface area (Å²) in [5.41, 5.74) is 0. The molecule has 0 radical (unpaired) electrons. The van der Waals surface area contributed by atoms with Crippen molar-refractivity contribution < 1.29 is 9.59 Å². The first-order valence-corrected chi connectivity index (χ1v) is 6.28. The molecule has 0 atom stereocenters. The molecule has 1 saturated carbocycles. The Balaban J connectivity index is 2.60. The third-order valence-corrected chi connectivity index (χ3v) is 3.29. The van der Waals surface area contributed by atoms with Gasteiger partial charge in [-0.25, -0.2) is 0 Å². The first-order valence-electron chi connectivity index (χ1n) is 5.65. The van der Waals surface area contributed by atoms with E-state index in [0.29, 0.717) is 6.54 Å². The zero-order chi connectivity index (χ0) is 11.3. The molecule has 4 heteroatoms. The van der Waals surface area contributed by atoms with Gasteiger partial charge < -0.3 is 4.90 Å². The molecule has 0 aromatic heterocycles. The summed E-state index contributed by atoms with van der Waals surface area (Å²) in [5, 5.41) is 0. The number of nitrogens with zero attached hydrogens (tertiary/aromatic N) is 1. The number of likely N-dealkylation sites (N-methyl/N-ethyl adjacent to an activating group) is 1. The van der Waals surface area contributed by atoms with Gasteiger partial charge in [0, 0.05) is 12.6 Å². The molecule has 3 nitrogen and oxygen atoms in total. The van der Waals surface area contributed by atoms with Gasteiger partial charge in [-0.2, -0.15) is 12.6 Å². The van der Waals surface area contributed by atoms with Crippen molar-refractivity contribution in [3.63, 3.8) is 0 Å². The summed E-state index contributed by atoms with van der Waals surface area (Å²) in [6, 6.07) is 0.278. The van der Waals surface area contributed by atoms with Gasteiger partial charge in [-0.3, -0.25) is 9.59 Å². The standard InChI is InChI=1S/C11H19NO2S/c1-2-12(11(14)10(13)8-15)9-6-4-3-5-7-9/h9,15H,2-8H2,1H3. The molecule has 1 rings (SSSR count). The van der Waals surface area contributed by atoms with Crippen LogP contribution in [0.3, 0.4) is 0 Å². The van der Waals surface area contributed by atoms with Crippen molar-refractivity contribution in [1.29, 1.82) is 0 Å². The zero-order valence-electron chi connectivity index (χ0n) is 9.24. The molecular weight excluding hydrogens is 210 g/mol. The van der Waals surface area contributed by atoms with Gasteiger partial charge in [0.1, 0.15) is 0 Å². The van der Waals surface area contributed by atoms with E-state index in [1.165, 1.54) is 19.3 Å². The highest BCUT2D eigenvalue weighted by molar-refractivity contribution is 7.81. The third kappa shape index (κ3) is 3.23. The van der Waals surface area contributed by atoms with E-state index in [9.17, 15) is 9.59 Å². The fourth-order valence-electron chi connectivity index (χ4n) is 2.19. The molecule has 86 valence electrons. The summed E-state index contributed by atoms with van der Waals surface area (Å²) in [6.45, 7) is 2.56. The Morgan fingerprint density at radius 3 is 2.33 bits per heavy atom. The smallest absolute Gasteiger partial charge is 0.291 e. The molecule has 0 heterocycles. The van der Waals surface area contributed by atoms with E-state index >= 15 is 0 Å². The predicted molar refractivity (Wildman–Crippen MR) is 63.1 cm³/mol. The van der Waals surface area contributed by atoms with E-state index in [-0.39, 0.29) is 23.5 Å². The molecule has 1 amide bonds. The molecule has 0 N–H and O–H groups in total. The van der Waals surface area contributed by atoms with Crippen LogP contribution >= 0.6 is 12.6 Å². The van der Waals surface area contributed by atoms with Crippen molar-refractivity contribution in [2.24, 2.45) is 0 Å². The van der Waals surface area contributed by atoms with E-state index < -0.39 is 0 Å². The van der Waals surface area contributed by atoms with Crippen molar-refractivity contribution in [3.05, 3.63) is 0 Å². The molecule has 0 aromatic carbocycles. The normalized spacial score (nSPS) is 17.5. The minimum Gasteiger partial charge on any atom is -0.333 e. The third-order valence-electron chi connectivity index (χ3n) is 3.00. The highest BCUT2D eigenvalue weighted by Gasteiger charge is 2.27. The average molecular weight is 229 g/mol. The highest BCUT2D eigenvalue weighted by Crippen LogP contribution is 2.22. The fourth-order valence-corrected chi connectivity index (χ4v) is 2.32. The number of amides is 1. The van der Waals surface area contributed by atoms with Crippen molar-refractivity contribution in [3.8, 4) is 0 Å². The Morgan fingerprint density at radius 1 is 1.27 bits per heavy atom. The number of carbonyl (C=O) groups excluding carboxylic acids is 2.